The van der Waals surface area contributed by atoms with E-state index in [1.54, 1.807) is 6.08 Å². The normalized spacial score (nSPS) is 9.43. The summed E-state index contributed by atoms with van der Waals surface area (Å²) in [6.45, 7) is 4.58. The average molecular weight is 190 g/mol. The zero-order chi connectivity index (χ0) is 10.4. The third-order valence-electron chi connectivity index (χ3n) is 1.88. The maximum absolute atomic E-state index is 11.0. The standard InChI is InChI=1S/C11H14N2O/c1-2-8-13(11(12)14)9-10-6-4-3-5-7-10/h2-7H,1,8-9H2,(H2,12,14). The minimum Gasteiger partial charge on any atom is -0.351 e. The molecule has 0 unspecified atom stereocenters. The molecule has 0 aliphatic carbocycles. The van der Waals surface area contributed by atoms with Gasteiger partial charge in [-0.15, -0.1) is 6.58 Å². The van der Waals surface area contributed by atoms with E-state index in [1.165, 1.54) is 4.90 Å². The SMILES string of the molecule is C=CCN(Cc1ccccc1)C(N)=O. The van der Waals surface area contributed by atoms with Crippen molar-refractivity contribution in [2.45, 2.75) is 6.54 Å². The lowest BCUT2D eigenvalue weighted by atomic mass is 10.2. The Hall–Kier alpha value is -1.77. The van der Waals surface area contributed by atoms with Gasteiger partial charge in [0.2, 0.25) is 0 Å². The molecule has 0 heterocycles. The van der Waals surface area contributed by atoms with Crippen molar-refractivity contribution in [3.63, 3.8) is 0 Å². The topological polar surface area (TPSA) is 46.3 Å². The first kappa shape index (κ1) is 10.3. The largest absolute Gasteiger partial charge is 0.351 e. The number of carbonyl (C=O) groups excluding carboxylic acids is 1. The molecule has 0 aliphatic heterocycles. The Balaban J connectivity index is 2.64. The molecule has 1 aromatic carbocycles. The molecule has 14 heavy (non-hydrogen) atoms. The first-order chi connectivity index (χ1) is 6.74. The summed E-state index contributed by atoms with van der Waals surface area (Å²) in [4.78, 5) is 12.5. The summed E-state index contributed by atoms with van der Waals surface area (Å²) in [5.74, 6) is 0. The molecule has 0 saturated carbocycles. The fourth-order valence-electron chi connectivity index (χ4n) is 1.19. The Morgan fingerprint density at radius 2 is 2.07 bits per heavy atom. The van der Waals surface area contributed by atoms with Crippen LogP contribution in [0.15, 0.2) is 43.0 Å². The highest BCUT2D eigenvalue weighted by atomic mass is 16.2. The van der Waals surface area contributed by atoms with Crippen molar-refractivity contribution < 1.29 is 4.79 Å². The van der Waals surface area contributed by atoms with Gasteiger partial charge in [0.05, 0.1) is 0 Å². The summed E-state index contributed by atoms with van der Waals surface area (Å²) in [6, 6.07) is 9.29. The molecule has 0 spiro atoms. The lowest BCUT2D eigenvalue weighted by molar-refractivity contribution is 0.211. The van der Waals surface area contributed by atoms with E-state index in [4.69, 9.17) is 5.73 Å². The van der Waals surface area contributed by atoms with Gasteiger partial charge < -0.3 is 10.6 Å². The van der Waals surface area contributed by atoms with Crippen LogP contribution in [0.25, 0.3) is 0 Å². The fourth-order valence-corrected chi connectivity index (χ4v) is 1.19. The number of nitrogens with two attached hydrogens (primary N) is 1. The van der Waals surface area contributed by atoms with E-state index in [0.29, 0.717) is 13.1 Å². The molecular weight excluding hydrogens is 176 g/mol. The lowest BCUT2D eigenvalue weighted by Gasteiger charge is -2.18. The molecule has 0 radical (unpaired) electrons. The number of carbonyl (C=O) groups is 1. The van der Waals surface area contributed by atoms with Crippen molar-refractivity contribution in [2.75, 3.05) is 6.54 Å². The average Bonchev–Trinajstić information content (AvgIpc) is 2.18. The Morgan fingerprint density at radius 3 is 2.57 bits per heavy atom. The summed E-state index contributed by atoms with van der Waals surface area (Å²) in [7, 11) is 0. The highest BCUT2D eigenvalue weighted by Gasteiger charge is 2.07. The summed E-state index contributed by atoms with van der Waals surface area (Å²) < 4.78 is 0. The quantitative estimate of drug-likeness (QED) is 0.722. The third-order valence-corrected chi connectivity index (χ3v) is 1.88. The molecular formula is C11H14N2O. The number of urea groups is 1. The van der Waals surface area contributed by atoms with Gasteiger partial charge in [0, 0.05) is 13.1 Å². The molecule has 3 heteroatoms. The molecule has 2 amide bonds. The fraction of sp³-hybridized carbons (Fsp3) is 0.182. The molecule has 0 aliphatic rings. The van der Waals surface area contributed by atoms with Crippen LogP contribution in [0.4, 0.5) is 4.79 Å². The van der Waals surface area contributed by atoms with Gasteiger partial charge in [0.15, 0.2) is 0 Å². The van der Waals surface area contributed by atoms with Crippen LogP contribution in [0.1, 0.15) is 5.56 Å². The molecule has 1 rings (SSSR count). The molecule has 74 valence electrons. The van der Waals surface area contributed by atoms with E-state index in [0.717, 1.165) is 5.56 Å². The van der Waals surface area contributed by atoms with Crippen LogP contribution in [-0.4, -0.2) is 17.5 Å². The van der Waals surface area contributed by atoms with Crippen LogP contribution in [0.5, 0.6) is 0 Å². The second-order valence-electron chi connectivity index (χ2n) is 2.99. The highest BCUT2D eigenvalue weighted by Crippen LogP contribution is 2.03. The van der Waals surface area contributed by atoms with Crippen LogP contribution in [-0.2, 0) is 6.54 Å². The number of hydrogen-bond acceptors (Lipinski definition) is 1. The van der Waals surface area contributed by atoms with Crippen molar-refractivity contribution in [1.82, 2.24) is 4.90 Å². The summed E-state index contributed by atoms with van der Waals surface area (Å²) >= 11 is 0. The molecule has 3 nitrogen and oxygen atoms in total. The maximum Gasteiger partial charge on any atom is 0.315 e. The van der Waals surface area contributed by atoms with E-state index in [2.05, 4.69) is 6.58 Å². The number of hydrogen-bond donors (Lipinski definition) is 1. The van der Waals surface area contributed by atoms with Crippen molar-refractivity contribution in [1.29, 1.82) is 0 Å². The Bertz CT molecular complexity index is 308. The molecule has 2 N–H and O–H groups in total. The zero-order valence-corrected chi connectivity index (χ0v) is 8.02. The number of nitrogens with zero attached hydrogens (tertiary/aromatic N) is 1. The van der Waals surface area contributed by atoms with Crippen molar-refractivity contribution in [3.8, 4) is 0 Å². The summed E-state index contributed by atoms with van der Waals surface area (Å²) in [5, 5.41) is 0. The van der Waals surface area contributed by atoms with Gasteiger partial charge in [-0.2, -0.15) is 0 Å². The lowest BCUT2D eigenvalue weighted by Crippen LogP contribution is -2.35. The number of benzene rings is 1. The van der Waals surface area contributed by atoms with Crippen molar-refractivity contribution in [2.24, 2.45) is 5.73 Å². The zero-order valence-electron chi connectivity index (χ0n) is 8.02. The molecule has 0 bridgehead atoms. The van der Waals surface area contributed by atoms with E-state index in [9.17, 15) is 4.79 Å². The predicted molar refractivity (Wildman–Crippen MR) is 56.6 cm³/mol. The summed E-state index contributed by atoms with van der Waals surface area (Å²) in [5.41, 5.74) is 6.27. The minimum absolute atomic E-state index is 0.422. The van der Waals surface area contributed by atoms with Crippen LogP contribution in [0.3, 0.4) is 0 Å². The monoisotopic (exact) mass is 190 g/mol. The van der Waals surface area contributed by atoms with Crippen LogP contribution < -0.4 is 5.73 Å². The van der Waals surface area contributed by atoms with Gasteiger partial charge in [-0.3, -0.25) is 0 Å². The number of rotatable bonds is 4. The first-order valence-corrected chi connectivity index (χ1v) is 4.43. The van der Waals surface area contributed by atoms with E-state index >= 15 is 0 Å². The third kappa shape index (κ3) is 2.94. The molecule has 1 aromatic rings. The van der Waals surface area contributed by atoms with Gasteiger partial charge in [0.1, 0.15) is 0 Å². The van der Waals surface area contributed by atoms with Crippen molar-refractivity contribution >= 4 is 6.03 Å². The van der Waals surface area contributed by atoms with E-state index in [1.807, 2.05) is 30.3 Å². The predicted octanol–water partition coefficient (Wildman–Crippen LogP) is 1.75. The van der Waals surface area contributed by atoms with Gasteiger partial charge in [-0.1, -0.05) is 36.4 Å². The molecule has 0 saturated heterocycles. The van der Waals surface area contributed by atoms with Crippen LogP contribution >= 0.6 is 0 Å². The Morgan fingerprint density at radius 1 is 1.43 bits per heavy atom. The van der Waals surface area contributed by atoms with Gasteiger partial charge in [0.25, 0.3) is 0 Å². The highest BCUT2D eigenvalue weighted by molar-refractivity contribution is 5.72. The van der Waals surface area contributed by atoms with Crippen molar-refractivity contribution in [3.05, 3.63) is 48.6 Å². The number of amides is 2. The first-order valence-electron chi connectivity index (χ1n) is 4.43. The van der Waals surface area contributed by atoms with Gasteiger partial charge >= 0.3 is 6.03 Å². The number of primary amides is 1. The van der Waals surface area contributed by atoms with Crippen LogP contribution in [0.2, 0.25) is 0 Å². The molecule has 0 aromatic heterocycles. The van der Waals surface area contributed by atoms with Gasteiger partial charge in [-0.05, 0) is 5.56 Å². The van der Waals surface area contributed by atoms with E-state index < -0.39 is 6.03 Å². The summed E-state index contributed by atoms with van der Waals surface area (Å²) in [6.07, 6.45) is 1.66. The Kier molecular flexibility index (Phi) is 3.73. The maximum atomic E-state index is 11.0. The molecule has 0 fully saturated rings. The minimum atomic E-state index is -0.422. The molecule has 0 atom stereocenters. The van der Waals surface area contributed by atoms with Crippen LogP contribution in [0, 0.1) is 0 Å². The second-order valence-corrected chi connectivity index (χ2v) is 2.99. The smallest absolute Gasteiger partial charge is 0.315 e. The second kappa shape index (κ2) is 5.07. The Labute approximate surface area is 83.8 Å². The van der Waals surface area contributed by atoms with E-state index in [-0.39, 0.29) is 0 Å². The van der Waals surface area contributed by atoms with Gasteiger partial charge in [-0.25, -0.2) is 4.79 Å².